The molecule has 5 heteroatoms. The molecule has 0 aliphatic heterocycles. The quantitative estimate of drug-likeness (QED) is 0.857. The van der Waals surface area contributed by atoms with E-state index in [4.69, 9.17) is 0 Å². The fourth-order valence-corrected chi connectivity index (χ4v) is 1.97. The Kier molecular flexibility index (Phi) is 5.65. The summed E-state index contributed by atoms with van der Waals surface area (Å²) in [7, 11) is 0. The summed E-state index contributed by atoms with van der Waals surface area (Å²) in [5.74, 6) is -0.344. The Hall–Kier alpha value is -2.69. The third kappa shape index (κ3) is 4.41. The molecule has 0 radical (unpaired) electrons. The van der Waals surface area contributed by atoms with E-state index in [0.717, 1.165) is 12.8 Å². The van der Waals surface area contributed by atoms with Gasteiger partial charge in [-0.05, 0) is 30.7 Å². The van der Waals surface area contributed by atoms with Crippen LogP contribution < -0.4 is 10.6 Å². The summed E-state index contributed by atoms with van der Waals surface area (Å²) in [6.07, 6.45) is 5.45. The van der Waals surface area contributed by atoms with Crippen molar-refractivity contribution in [3.8, 4) is 0 Å². The van der Waals surface area contributed by atoms with Crippen molar-refractivity contribution < 1.29 is 9.59 Å². The number of hydrogen-bond donors (Lipinski definition) is 2. The highest BCUT2D eigenvalue weighted by atomic mass is 16.2. The van der Waals surface area contributed by atoms with Crippen LogP contribution in [0.15, 0.2) is 48.8 Å². The minimum absolute atomic E-state index is 0.0778. The van der Waals surface area contributed by atoms with E-state index in [-0.39, 0.29) is 11.8 Å². The molecule has 1 aromatic carbocycles. The molecule has 0 aliphatic rings. The van der Waals surface area contributed by atoms with Gasteiger partial charge < -0.3 is 10.6 Å². The van der Waals surface area contributed by atoms with Crippen LogP contribution in [0, 0.1) is 0 Å². The molecule has 0 aliphatic carbocycles. The lowest BCUT2D eigenvalue weighted by Crippen LogP contribution is -2.18. The Morgan fingerprint density at radius 2 is 1.77 bits per heavy atom. The number of rotatable bonds is 6. The normalized spacial score (nSPS) is 10.0. The van der Waals surface area contributed by atoms with E-state index in [0.29, 0.717) is 23.4 Å². The third-order valence-electron chi connectivity index (χ3n) is 3.14. The Labute approximate surface area is 129 Å². The molecular formula is C17H19N3O2. The van der Waals surface area contributed by atoms with Crippen LogP contribution >= 0.6 is 0 Å². The molecule has 114 valence electrons. The maximum Gasteiger partial charge on any atom is 0.257 e. The van der Waals surface area contributed by atoms with Crippen LogP contribution in [0.2, 0.25) is 0 Å². The van der Waals surface area contributed by atoms with E-state index in [1.807, 2.05) is 6.92 Å². The number of para-hydroxylation sites is 1. The molecule has 0 fully saturated rings. The van der Waals surface area contributed by atoms with Crippen molar-refractivity contribution in [3.63, 3.8) is 0 Å². The second-order valence-corrected chi connectivity index (χ2v) is 4.89. The fraction of sp³-hybridized carbons (Fsp3) is 0.235. The summed E-state index contributed by atoms with van der Waals surface area (Å²) in [6, 6.07) is 10.4. The first-order valence-electron chi connectivity index (χ1n) is 7.31. The van der Waals surface area contributed by atoms with Crippen LogP contribution in [-0.2, 0) is 4.79 Å². The Balaban J connectivity index is 2.10. The lowest BCUT2D eigenvalue weighted by Gasteiger charge is -2.11. The number of pyridine rings is 1. The summed E-state index contributed by atoms with van der Waals surface area (Å²) in [5.41, 5.74) is 1.62. The van der Waals surface area contributed by atoms with Crippen molar-refractivity contribution in [2.24, 2.45) is 0 Å². The van der Waals surface area contributed by atoms with Gasteiger partial charge in [-0.1, -0.05) is 25.5 Å². The predicted octanol–water partition coefficient (Wildman–Crippen LogP) is 3.46. The van der Waals surface area contributed by atoms with Crippen LogP contribution in [0.3, 0.4) is 0 Å². The van der Waals surface area contributed by atoms with Gasteiger partial charge in [-0.25, -0.2) is 0 Å². The molecule has 0 saturated carbocycles. The van der Waals surface area contributed by atoms with Crippen molar-refractivity contribution in [1.29, 1.82) is 0 Å². The van der Waals surface area contributed by atoms with Crippen LogP contribution in [0.25, 0.3) is 0 Å². The molecular weight excluding hydrogens is 278 g/mol. The zero-order valence-electron chi connectivity index (χ0n) is 12.5. The topological polar surface area (TPSA) is 71.1 Å². The maximum absolute atomic E-state index is 12.3. The number of unbranched alkanes of at least 4 members (excludes halogenated alkanes) is 1. The second kappa shape index (κ2) is 7.93. The minimum Gasteiger partial charge on any atom is -0.325 e. The SMILES string of the molecule is CCCCC(=O)Nc1ccccc1C(=O)Nc1ccncc1. The van der Waals surface area contributed by atoms with Gasteiger partial charge >= 0.3 is 0 Å². The molecule has 2 amide bonds. The molecule has 0 unspecified atom stereocenters. The van der Waals surface area contributed by atoms with Crippen molar-refractivity contribution in [1.82, 2.24) is 4.98 Å². The maximum atomic E-state index is 12.3. The number of carbonyl (C=O) groups is 2. The van der Waals surface area contributed by atoms with Gasteiger partial charge in [0.15, 0.2) is 0 Å². The lowest BCUT2D eigenvalue weighted by atomic mass is 10.1. The number of anilines is 2. The molecule has 1 aromatic heterocycles. The first-order chi connectivity index (χ1) is 10.7. The largest absolute Gasteiger partial charge is 0.325 e. The number of benzene rings is 1. The predicted molar refractivity (Wildman–Crippen MR) is 86.8 cm³/mol. The van der Waals surface area contributed by atoms with Gasteiger partial charge in [-0.15, -0.1) is 0 Å². The van der Waals surface area contributed by atoms with Crippen molar-refractivity contribution >= 4 is 23.2 Å². The number of amides is 2. The van der Waals surface area contributed by atoms with Crippen molar-refractivity contribution in [2.45, 2.75) is 26.2 Å². The molecule has 0 atom stereocenters. The smallest absolute Gasteiger partial charge is 0.257 e. The zero-order chi connectivity index (χ0) is 15.8. The second-order valence-electron chi connectivity index (χ2n) is 4.89. The van der Waals surface area contributed by atoms with Gasteiger partial charge in [0.1, 0.15) is 0 Å². The minimum atomic E-state index is -0.266. The molecule has 1 heterocycles. The highest BCUT2D eigenvalue weighted by Gasteiger charge is 2.13. The van der Waals surface area contributed by atoms with E-state index in [1.165, 1.54) is 0 Å². The average Bonchev–Trinajstić information content (AvgIpc) is 2.54. The number of hydrogen-bond acceptors (Lipinski definition) is 3. The van der Waals surface area contributed by atoms with Gasteiger partial charge in [0.05, 0.1) is 11.3 Å². The Bertz CT molecular complexity index is 641. The van der Waals surface area contributed by atoms with Gasteiger partial charge in [-0.3, -0.25) is 14.6 Å². The molecule has 22 heavy (non-hydrogen) atoms. The zero-order valence-corrected chi connectivity index (χ0v) is 12.5. The molecule has 2 aromatic rings. The van der Waals surface area contributed by atoms with Crippen LogP contribution in [0.5, 0.6) is 0 Å². The summed E-state index contributed by atoms with van der Waals surface area (Å²) < 4.78 is 0. The van der Waals surface area contributed by atoms with Gasteiger partial charge in [-0.2, -0.15) is 0 Å². The molecule has 2 rings (SSSR count). The van der Waals surface area contributed by atoms with Gasteiger partial charge in [0.25, 0.3) is 5.91 Å². The summed E-state index contributed by atoms with van der Waals surface area (Å²) in [5, 5.41) is 5.58. The van der Waals surface area contributed by atoms with E-state index in [1.54, 1.807) is 48.8 Å². The monoisotopic (exact) mass is 297 g/mol. The van der Waals surface area contributed by atoms with E-state index in [9.17, 15) is 9.59 Å². The summed E-state index contributed by atoms with van der Waals surface area (Å²) in [4.78, 5) is 28.1. The Morgan fingerprint density at radius 3 is 2.50 bits per heavy atom. The molecule has 5 nitrogen and oxygen atoms in total. The van der Waals surface area contributed by atoms with Crippen LogP contribution in [0.4, 0.5) is 11.4 Å². The number of nitrogens with one attached hydrogen (secondary N) is 2. The number of carbonyl (C=O) groups excluding carboxylic acids is 2. The lowest BCUT2D eigenvalue weighted by molar-refractivity contribution is -0.116. The fourth-order valence-electron chi connectivity index (χ4n) is 1.97. The summed E-state index contributed by atoms with van der Waals surface area (Å²) in [6.45, 7) is 2.03. The van der Waals surface area contributed by atoms with E-state index in [2.05, 4.69) is 15.6 Å². The van der Waals surface area contributed by atoms with E-state index < -0.39 is 0 Å². The first kappa shape index (κ1) is 15.7. The van der Waals surface area contributed by atoms with Crippen LogP contribution in [0.1, 0.15) is 36.5 Å². The highest BCUT2D eigenvalue weighted by Crippen LogP contribution is 2.17. The molecule has 0 bridgehead atoms. The molecule has 0 saturated heterocycles. The number of nitrogens with zero attached hydrogens (tertiary/aromatic N) is 1. The van der Waals surface area contributed by atoms with Crippen molar-refractivity contribution in [2.75, 3.05) is 10.6 Å². The Morgan fingerprint density at radius 1 is 1.05 bits per heavy atom. The van der Waals surface area contributed by atoms with Crippen molar-refractivity contribution in [3.05, 3.63) is 54.4 Å². The third-order valence-corrected chi connectivity index (χ3v) is 3.14. The standard InChI is InChI=1S/C17H19N3O2/c1-2-3-8-16(21)20-15-7-5-4-6-14(15)17(22)19-13-9-11-18-12-10-13/h4-7,9-12H,2-3,8H2,1H3,(H,20,21)(H,18,19,22). The van der Waals surface area contributed by atoms with Gasteiger partial charge in [0.2, 0.25) is 5.91 Å². The molecule has 0 spiro atoms. The van der Waals surface area contributed by atoms with Gasteiger partial charge in [0, 0.05) is 24.5 Å². The van der Waals surface area contributed by atoms with Crippen LogP contribution in [-0.4, -0.2) is 16.8 Å². The highest BCUT2D eigenvalue weighted by molar-refractivity contribution is 6.10. The van der Waals surface area contributed by atoms with E-state index >= 15 is 0 Å². The molecule has 2 N–H and O–H groups in total. The summed E-state index contributed by atoms with van der Waals surface area (Å²) >= 11 is 0. The first-order valence-corrected chi connectivity index (χ1v) is 7.31. The number of aromatic nitrogens is 1. The average molecular weight is 297 g/mol.